The van der Waals surface area contributed by atoms with Gasteiger partial charge >= 0.3 is 0 Å². The summed E-state index contributed by atoms with van der Waals surface area (Å²) >= 11 is 1.73. The van der Waals surface area contributed by atoms with E-state index in [4.69, 9.17) is 11.5 Å². The van der Waals surface area contributed by atoms with E-state index in [1.54, 1.807) is 11.3 Å². The van der Waals surface area contributed by atoms with E-state index in [0.29, 0.717) is 6.54 Å². The molecule has 2 aromatic rings. The summed E-state index contributed by atoms with van der Waals surface area (Å²) in [5.41, 5.74) is 12.9. The number of carbonyl (C=O) groups excluding carboxylic acids is 1. The third-order valence-electron chi connectivity index (χ3n) is 2.99. The molecular formula is C15H19N3OS. The lowest BCUT2D eigenvalue weighted by Gasteiger charge is -2.20. The van der Waals surface area contributed by atoms with Gasteiger partial charge in [0.1, 0.15) is 0 Å². The Balaban J connectivity index is 1.97. The van der Waals surface area contributed by atoms with E-state index in [1.165, 1.54) is 4.88 Å². The minimum absolute atomic E-state index is 0.264. The molecular weight excluding hydrogens is 270 g/mol. The zero-order valence-corrected chi connectivity index (χ0v) is 12.1. The maximum Gasteiger partial charge on any atom is 0.231 e. The van der Waals surface area contributed by atoms with Crippen LogP contribution in [-0.4, -0.2) is 23.9 Å². The molecule has 0 aliphatic carbocycles. The highest BCUT2D eigenvalue weighted by Crippen LogP contribution is 2.13. The van der Waals surface area contributed by atoms with Gasteiger partial charge in [-0.3, -0.25) is 9.69 Å². The molecule has 0 saturated heterocycles. The first kappa shape index (κ1) is 14.6. The van der Waals surface area contributed by atoms with Crippen LogP contribution in [0.1, 0.15) is 10.4 Å². The predicted octanol–water partition coefficient (Wildman–Crippen LogP) is 1.86. The molecule has 0 spiro atoms. The summed E-state index contributed by atoms with van der Waals surface area (Å²) in [4.78, 5) is 14.6. The van der Waals surface area contributed by atoms with E-state index in [0.717, 1.165) is 24.2 Å². The maximum absolute atomic E-state index is 11.2. The van der Waals surface area contributed by atoms with Gasteiger partial charge in [-0.1, -0.05) is 18.2 Å². The Morgan fingerprint density at radius 2 is 2.10 bits per heavy atom. The Labute approximate surface area is 123 Å². The van der Waals surface area contributed by atoms with Gasteiger partial charge in [-0.2, -0.15) is 0 Å². The summed E-state index contributed by atoms with van der Waals surface area (Å²) in [5.74, 6) is -0.305. The number of rotatable bonds is 7. The largest absolute Gasteiger partial charge is 0.399 e. The molecule has 0 saturated carbocycles. The molecule has 0 radical (unpaired) electrons. The van der Waals surface area contributed by atoms with E-state index in [9.17, 15) is 4.79 Å². The van der Waals surface area contributed by atoms with Crippen molar-refractivity contribution in [1.29, 1.82) is 0 Å². The number of benzene rings is 1. The molecule has 4 N–H and O–H groups in total. The monoisotopic (exact) mass is 289 g/mol. The Morgan fingerprint density at radius 1 is 1.25 bits per heavy atom. The van der Waals surface area contributed by atoms with Crippen LogP contribution in [-0.2, 0) is 17.8 Å². The highest BCUT2D eigenvalue weighted by atomic mass is 32.1. The zero-order chi connectivity index (χ0) is 14.4. The standard InChI is InChI=1S/C15H19N3OS/c16-13-4-1-3-12(9-13)10-18(11-15(17)19)7-6-14-5-2-8-20-14/h1-5,8-9H,6-7,10-11,16H2,(H2,17,19). The van der Waals surface area contributed by atoms with Gasteiger partial charge in [0, 0.05) is 23.7 Å². The van der Waals surface area contributed by atoms with E-state index >= 15 is 0 Å². The van der Waals surface area contributed by atoms with Gasteiger partial charge in [0.15, 0.2) is 0 Å². The van der Waals surface area contributed by atoms with Crippen LogP contribution in [0.15, 0.2) is 41.8 Å². The van der Waals surface area contributed by atoms with E-state index in [-0.39, 0.29) is 12.5 Å². The first-order valence-electron chi connectivity index (χ1n) is 6.51. The van der Waals surface area contributed by atoms with Gasteiger partial charge in [-0.15, -0.1) is 11.3 Å². The lowest BCUT2D eigenvalue weighted by Crippen LogP contribution is -2.34. The van der Waals surface area contributed by atoms with Crippen LogP contribution >= 0.6 is 11.3 Å². The number of anilines is 1. The van der Waals surface area contributed by atoms with Crippen molar-refractivity contribution in [2.45, 2.75) is 13.0 Å². The van der Waals surface area contributed by atoms with Gasteiger partial charge in [0.05, 0.1) is 6.54 Å². The van der Waals surface area contributed by atoms with Gasteiger partial charge < -0.3 is 11.5 Å². The number of thiophene rings is 1. The molecule has 0 bridgehead atoms. The maximum atomic E-state index is 11.2. The van der Waals surface area contributed by atoms with Crippen LogP contribution in [0.5, 0.6) is 0 Å². The number of primary amides is 1. The molecule has 0 unspecified atom stereocenters. The first-order valence-corrected chi connectivity index (χ1v) is 7.39. The summed E-state index contributed by atoms with van der Waals surface area (Å²) < 4.78 is 0. The number of hydrogen-bond acceptors (Lipinski definition) is 4. The van der Waals surface area contributed by atoms with Gasteiger partial charge in [0.25, 0.3) is 0 Å². The van der Waals surface area contributed by atoms with Crippen LogP contribution in [0, 0.1) is 0 Å². The smallest absolute Gasteiger partial charge is 0.231 e. The Hall–Kier alpha value is -1.85. The molecule has 0 fully saturated rings. The normalized spacial score (nSPS) is 10.8. The van der Waals surface area contributed by atoms with Crippen LogP contribution in [0.25, 0.3) is 0 Å². The second kappa shape index (κ2) is 7.07. The van der Waals surface area contributed by atoms with Crippen LogP contribution in [0.2, 0.25) is 0 Å². The Bertz CT molecular complexity index is 554. The number of carbonyl (C=O) groups is 1. The minimum atomic E-state index is -0.305. The van der Waals surface area contributed by atoms with Crippen molar-refractivity contribution < 1.29 is 4.79 Å². The highest BCUT2D eigenvalue weighted by Gasteiger charge is 2.10. The number of hydrogen-bond donors (Lipinski definition) is 2. The molecule has 5 heteroatoms. The molecule has 106 valence electrons. The number of nitrogens with two attached hydrogens (primary N) is 2. The molecule has 1 aromatic heterocycles. The fourth-order valence-electron chi connectivity index (χ4n) is 2.11. The molecule has 1 heterocycles. The Kier molecular flexibility index (Phi) is 5.15. The van der Waals surface area contributed by atoms with Crippen LogP contribution in [0.4, 0.5) is 5.69 Å². The first-order chi connectivity index (χ1) is 9.63. The van der Waals surface area contributed by atoms with E-state index in [1.807, 2.05) is 30.3 Å². The fourth-order valence-corrected chi connectivity index (χ4v) is 2.81. The van der Waals surface area contributed by atoms with Gasteiger partial charge in [-0.05, 0) is 35.6 Å². The van der Waals surface area contributed by atoms with Gasteiger partial charge in [-0.25, -0.2) is 0 Å². The lowest BCUT2D eigenvalue weighted by molar-refractivity contribution is -0.119. The second-order valence-corrected chi connectivity index (χ2v) is 5.78. The van der Waals surface area contributed by atoms with Crippen molar-refractivity contribution in [2.75, 3.05) is 18.8 Å². The summed E-state index contributed by atoms with van der Waals surface area (Å²) in [6, 6.07) is 11.9. The van der Waals surface area contributed by atoms with Crippen molar-refractivity contribution in [1.82, 2.24) is 4.90 Å². The average molecular weight is 289 g/mol. The van der Waals surface area contributed by atoms with E-state index in [2.05, 4.69) is 16.3 Å². The molecule has 1 aromatic carbocycles. The molecule has 0 atom stereocenters. The molecule has 0 aliphatic rings. The van der Waals surface area contributed by atoms with Crippen molar-refractivity contribution >= 4 is 22.9 Å². The van der Waals surface area contributed by atoms with Crippen molar-refractivity contribution in [3.05, 3.63) is 52.2 Å². The molecule has 2 rings (SSSR count). The van der Waals surface area contributed by atoms with Crippen molar-refractivity contribution in [2.24, 2.45) is 5.73 Å². The van der Waals surface area contributed by atoms with E-state index < -0.39 is 0 Å². The third-order valence-corrected chi connectivity index (χ3v) is 3.93. The third kappa shape index (κ3) is 4.68. The van der Waals surface area contributed by atoms with Crippen molar-refractivity contribution in [3.8, 4) is 0 Å². The summed E-state index contributed by atoms with van der Waals surface area (Å²) in [7, 11) is 0. The number of amides is 1. The summed E-state index contributed by atoms with van der Waals surface area (Å²) in [6.07, 6.45) is 0.924. The molecule has 1 amide bonds. The Morgan fingerprint density at radius 3 is 2.75 bits per heavy atom. The summed E-state index contributed by atoms with van der Waals surface area (Å²) in [6.45, 7) is 1.75. The van der Waals surface area contributed by atoms with Crippen molar-refractivity contribution in [3.63, 3.8) is 0 Å². The fraction of sp³-hybridized carbons (Fsp3) is 0.267. The summed E-state index contributed by atoms with van der Waals surface area (Å²) in [5, 5.41) is 2.06. The van der Waals surface area contributed by atoms with Gasteiger partial charge in [0.2, 0.25) is 5.91 Å². The zero-order valence-electron chi connectivity index (χ0n) is 11.3. The predicted molar refractivity (Wildman–Crippen MR) is 83.3 cm³/mol. The minimum Gasteiger partial charge on any atom is -0.399 e. The SMILES string of the molecule is NC(=O)CN(CCc1cccs1)Cc1cccc(N)c1. The second-order valence-electron chi connectivity index (χ2n) is 4.75. The molecule has 0 aliphatic heterocycles. The number of nitrogens with zero attached hydrogens (tertiary/aromatic N) is 1. The average Bonchev–Trinajstić information content (AvgIpc) is 2.88. The number of nitrogen functional groups attached to an aromatic ring is 1. The topological polar surface area (TPSA) is 72.4 Å². The van der Waals surface area contributed by atoms with Crippen LogP contribution in [0.3, 0.4) is 0 Å². The lowest BCUT2D eigenvalue weighted by atomic mass is 10.2. The molecule has 4 nitrogen and oxygen atoms in total. The molecule has 20 heavy (non-hydrogen) atoms. The quantitative estimate of drug-likeness (QED) is 0.764. The highest BCUT2D eigenvalue weighted by molar-refractivity contribution is 7.09. The van der Waals surface area contributed by atoms with Crippen LogP contribution < -0.4 is 11.5 Å².